The van der Waals surface area contributed by atoms with Crippen molar-refractivity contribution in [2.75, 3.05) is 19.7 Å². The molecule has 7 nitrogen and oxygen atoms in total. The highest BCUT2D eigenvalue weighted by Gasteiger charge is 2.55. The molecule has 1 amide bonds. The second-order valence-electron chi connectivity index (χ2n) is 9.66. The summed E-state index contributed by atoms with van der Waals surface area (Å²) in [4.78, 5) is 27.7. The lowest BCUT2D eigenvalue weighted by molar-refractivity contribution is -0.142. The van der Waals surface area contributed by atoms with Crippen molar-refractivity contribution in [1.29, 1.82) is 0 Å². The van der Waals surface area contributed by atoms with E-state index in [9.17, 15) is 4.79 Å². The number of carboxylic acid groups (broad SMARTS) is 1. The first-order valence-corrected chi connectivity index (χ1v) is 12.0. The predicted octanol–water partition coefficient (Wildman–Crippen LogP) is 4.78. The van der Waals surface area contributed by atoms with Crippen LogP contribution in [0.2, 0.25) is 0 Å². The average molecular weight is 463 g/mol. The molecule has 1 aromatic heterocycles. The van der Waals surface area contributed by atoms with Gasteiger partial charge in [0.2, 0.25) is 5.89 Å². The van der Waals surface area contributed by atoms with Gasteiger partial charge >= 0.3 is 0 Å². The first-order chi connectivity index (χ1) is 16.5. The Morgan fingerprint density at radius 3 is 2.59 bits per heavy atom. The summed E-state index contributed by atoms with van der Waals surface area (Å²) in [6.07, 6.45) is 5.14. The summed E-state index contributed by atoms with van der Waals surface area (Å²) in [5.74, 6) is 1.49. The molecule has 0 radical (unpaired) electrons. The Bertz CT molecular complexity index is 1170. The fourth-order valence-electron chi connectivity index (χ4n) is 5.53. The molecule has 34 heavy (non-hydrogen) atoms. The number of hydrogen-bond donors (Lipinski definition) is 1. The van der Waals surface area contributed by atoms with Crippen LogP contribution in [0.4, 0.5) is 0 Å². The molecular formula is C27H30N2O5. The average Bonchev–Trinajstić information content (AvgIpc) is 3.21. The lowest BCUT2D eigenvalue weighted by atomic mass is 9.88. The van der Waals surface area contributed by atoms with Gasteiger partial charge < -0.3 is 19.2 Å². The molecule has 1 N–H and O–H groups in total. The van der Waals surface area contributed by atoms with E-state index in [1.54, 1.807) is 0 Å². The van der Waals surface area contributed by atoms with Crippen LogP contribution in [-0.2, 0) is 14.3 Å². The topological polar surface area (TPSA) is 92.9 Å². The lowest BCUT2D eigenvalue weighted by Crippen LogP contribution is -2.44. The van der Waals surface area contributed by atoms with Crippen LogP contribution in [0.15, 0.2) is 46.9 Å². The van der Waals surface area contributed by atoms with Gasteiger partial charge in [-0.1, -0.05) is 18.2 Å². The van der Waals surface area contributed by atoms with Crippen molar-refractivity contribution in [2.45, 2.75) is 51.0 Å². The fraction of sp³-hybridized carbons (Fsp3) is 0.444. The van der Waals surface area contributed by atoms with Gasteiger partial charge in [-0.05, 0) is 85.8 Å². The predicted molar refractivity (Wildman–Crippen MR) is 127 cm³/mol. The Labute approximate surface area is 198 Å². The maximum absolute atomic E-state index is 12.6. The van der Waals surface area contributed by atoms with E-state index in [2.05, 4.69) is 42.2 Å². The van der Waals surface area contributed by atoms with Crippen LogP contribution < -0.4 is 0 Å². The number of oxazole rings is 1. The van der Waals surface area contributed by atoms with Gasteiger partial charge in [0.1, 0.15) is 11.6 Å². The van der Waals surface area contributed by atoms with Crippen molar-refractivity contribution >= 4 is 23.5 Å². The van der Waals surface area contributed by atoms with E-state index in [-0.39, 0.29) is 18.5 Å². The number of carbonyl (C=O) groups excluding carboxylic acids is 1. The fourth-order valence-corrected chi connectivity index (χ4v) is 5.53. The number of piperidine rings is 1. The molecule has 3 aliphatic rings. The van der Waals surface area contributed by atoms with Gasteiger partial charge in [-0.3, -0.25) is 9.59 Å². The van der Waals surface area contributed by atoms with Crippen molar-refractivity contribution in [3.05, 3.63) is 53.6 Å². The number of rotatable bonds is 3. The monoisotopic (exact) mass is 462 g/mol. The molecule has 6 rings (SSSR count). The highest BCUT2D eigenvalue weighted by Crippen LogP contribution is 2.65. The minimum atomic E-state index is -0.250. The van der Waals surface area contributed by atoms with Crippen LogP contribution in [0.25, 0.3) is 22.6 Å². The molecule has 3 heterocycles. The molecule has 2 aliphatic heterocycles. The highest BCUT2D eigenvalue weighted by molar-refractivity contribution is 5.81. The number of likely N-dealkylation sites (tertiary alicyclic amines) is 1. The summed E-state index contributed by atoms with van der Waals surface area (Å²) in [5, 5.41) is 6.89. The first-order valence-electron chi connectivity index (χ1n) is 12.0. The summed E-state index contributed by atoms with van der Waals surface area (Å²) in [6.45, 7) is 4.28. The molecule has 2 atom stereocenters. The van der Waals surface area contributed by atoms with Gasteiger partial charge in [-0.25, -0.2) is 4.98 Å². The third kappa shape index (κ3) is 4.32. The largest absolute Gasteiger partial charge is 0.483 e. The Morgan fingerprint density at radius 1 is 1.18 bits per heavy atom. The maximum Gasteiger partial charge on any atom is 0.290 e. The van der Waals surface area contributed by atoms with Gasteiger partial charge in [-0.2, -0.15) is 0 Å². The molecule has 2 unspecified atom stereocenters. The second kappa shape index (κ2) is 9.22. The number of benzene rings is 2. The Morgan fingerprint density at radius 2 is 1.91 bits per heavy atom. The van der Waals surface area contributed by atoms with Crippen LogP contribution >= 0.6 is 0 Å². The van der Waals surface area contributed by atoms with Gasteiger partial charge in [0, 0.05) is 25.3 Å². The van der Waals surface area contributed by atoms with Crippen molar-refractivity contribution in [1.82, 2.24) is 9.88 Å². The third-order valence-electron chi connectivity index (χ3n) is 7.57. The van der Waals surface area contributed by atoms with Crippen molar-refractivity contribution in [3.8, 4) is 11.5 Å². The number of fused-ring (bicyclic) bond motifs is 1. The van der Waals surface area contributed by atoms with E-state index in [4.69, 9.17) is 19.1 Å². The number of aryl methyl sites for hydroxylation is 1. The summed E-state index contributed by atoms with van der Waals surface area (Å²) in [6, 6.07) is 14.8. The summed E-state index contributed by atoms with van der Waals surface area (Å²) in [5.41, 5.74) is 5.70. The molecule has 2 aromatic carbocycles. The molecule has 7 heteroatoms. The summed E-state index contributed by atoms with van der Waals surface area (Å²) in [7, 11) is 0. The summed E-state index contributed by atoms with van der Waals surface area (Å²) < 4.78 is 11.6. The van der Waals surface area contributed by atoms with E-state index < -0.39 is 0 Å². The van der Waals surface area contributed by atoms with Crippen LogP contribution in [-0.4, -0.2) is 53.2 Å². The van der Waals surface area contributed by atoms with Crippen LogP contribution in [0.1, 0.15) is 49.1 Å². The first kappa shape index (κ1) is 22.6. The smallest absolute Gasteiger partial charge is 0.290 e. The lowest BCUT2D eigenvalue weighted by Gasteiger charge is -2.34. The normalized spacial score (nSPS) is 22.9. The molecular weight excluding hydrogens is 432 g/mol. The van der Waals surface area contributed by atoms with Crippen molar-refractivity contribution in [2.24, 2.45) is 5.41 Å². The van der Waals surface area contributed by atoms with Gasteiger partial charge in [0.15, 0.2) is 5.58 Å². The Kier molecular flexibility index (Phi) is 6.13. The molecule has 1 spiro atoms. The number of nitrogens with zero attached hydrogens (tertiary/aromatic N) is 2. The van der Waals surface area contributed by atoms with E-state index in [1.807, 2.05) is 17.0 Å². The second-order valence-corrected chi connectivity index (χ2v) is 9.66. The zero-order valence-corrected chi connectivity index (χ0v) is 19.4. The quantitative estimate of drug-likeness (QED) is 0.563. The Balaban J connectivity index is 0.000000764. The van der Waals surface area contributed by atoms with Crippen LogP contribution in [0.3, 0.4) is 0 Å². The molecule has 178 valence electrons. The van der Waals surface area contributed by atoms with Crippen molar-refractivity contribution in [3.63, 3.8) is 0 Å². The standard InChI is InChI=1S/C26H28N2O3.CH2O2/c1-17-4-9-21-23(15-17)31-24(27-21)19-7-5-18(6-8-19)20-16-26(20)10-12-28(13-11-26)25(29)22-3-2-14-30-22;2-1-3/h4-9,15,20,22H,2-3,10-14,16H2,1H3;1H,(H,2,3). The maximum atomic E-state index is 12.6. The number of hydrogen-bond acceptors (Lipinski definition) is 5. The van der Waals surface area contributed by atoms with Gasteiger partial charge in [0.05, 0.1) is 0 Å². The zero-order valence-electron chi connectivity index (χ0n) is 19.4. The number of carbonyl (C=O) groups is 2. The van der Waals surface area contributed by atoms with Gasteiger partial charge in [-0.15, -0.1) is 0 Å². The van der Waals surface area contributed by atoms with E-state index >= 15 is 0 Å². The molecule has 3 fully saturated rings. The molecule has 0 bridgehead atoms. The number of ether oxygens (including phenoxy) is 1. The number of aromatic nitrogens is 1. The summed E-state index contributed by atoms with van der Waals surface area (Å²) >= 11 is 0. The minimum absolute atomic E-state index is 0.188. The molecule has 1 aliphatic carbocycles. The van der Waals surface area contributed by atoms with Crippen LogP contribution in [0.5, 0.6) is 0 Å². The van der Waals surface area contributed by atoms with Crippen molar-refractivity contribution < 1.29 is 23.8 Å². The van der Waals surface area contributed by atoms with E-state index in [1.165, 1.54) is 17.5 Å². The third-order valence-corrected chi connectivity index (χ3v) is 7.57. The number of amides is 1. The van der Waals surface area contributed by atoms with E-state index in [0.717, 1.165) is 62.0 Å². The van der Waals surface area contributed by atoms with Crippen LogP contribution in [0, 0.1) is 12.3 Å². The van der Waals surface area contributed by atoms with E-state index in [0.29, 0.717) is 17.2 Å². The molecule has 1 saturated carbocycles. The molecule has 2 saturated heterocycles. The zero-order chi connectivity index (χ0) is 23.7. The SMILES string of the molecule is Cc1ccc2nc(-c3ccc(C4CC45CCN(C(=O)C4CCCO4)CC5)cc3)oc2c1.O=CO. The highest BCUT2D eigenvalue weighted by atomic mass is 16.5. The Hall–Kier alpha value is -3.19. The van der Waals surface area contributed by atoms with Gasteiger partial charge in [0.25, 0.3) is 12.4 Å². The molecule has 3 aromatic rings. The minimum Gasteiger partial charge on any atom is -0.483 e.